The Morgan fingerprint density at radius 1 is 1.19 bits per heavy atom. The average Bonchev–Trinajstić information content (AvgIpc) is 3.62. The van der Waals surface area contributed by atoms with Crippen molar-refractivity contribution in [3.05, 3.63) is 46.7 Å². The van der Waals surface area contributed by atoms with Gasteiger partial charge in [0.1, 0.15) is 33.9 Å². The van der Waals surface area contributed by atoms with E-state index in [2.05, 4.69) is 17.0 Å². The van der Waals surface area contributed by atoms with Gasteiger partial charge in [0.2, 0.25) is 0 Å². The number of carbonyl (C=O) groups is 1. The maximum atomic E-state index is 13.5. The first-order valence-electron chi connectivity index (χ1n) is 14.4. The number of nitrogens with zero attached hydrogens (tertiary/aromatic N) is 8. The van der Waals surface area contributed by atoms with Crippen molar-refractivity contribution in [2.75, 3.05) is 56.2 Å². The van der Waals surface area contributed by atoms with E-state index < -0.39 is 5.60 Å². The van der Waals surface area contributed by atoms with Crippen LogP contribution in [0.5, 0.6) is 0 Å². The van der Waals surface area contributed by atoms with Crippen LogP contribution in [0.2, 0.25) is 0 Å². The monoisotopic (exact) mass is 604 g/mol. The predicted molar refractivity (Wildman–Crippen MR) is 162 cm³/mol. The SMILES string of the molecule is CCn1nc2nc(C)c(N3CCN(C(=O)C4(O)CCOCC4)CC3)cc2c1N(C)c1nc(-c2ccc(F)cc2)c(C#N)s1. The Bertz CT molecular complexity index is 1700. The van der Waals surface area contributed by atoms with E-state index in [1.807, 2.05) is 30.5 Å². The van der Waals surface area contributed by atoms with Crippen LogP contribution in [-0.2, 0) is 16.1 Å². The third kappa shape index (κ3) is 5.30. The highest BCUT2D eigenvalue weighted by Gasteiger charge is 2.41. The lowest BCUT2D eigenvalue weighted by Crippen LogP contribution is -2.57. The zero-order chi connectivity index (χ0) is 30.3. The smallest absolute Gasteiger partial charge is 0.254 e. The molecular weight excluding hydrogens is 571 g/mol. The number of piperazine rings is 1. The van der Waals surface area contributed by atoms with Gasteiger partial charge in [0.25, 0.3) is 5.91 Å². The number of anilines is 3. The number of nitriles is 1. The molecule has 2 saturated heterocycles. The fourth-order valence-electron chi connectivity index (χ4n) is 5.81. The lowest BCUT2D eigenvalue weighted by molar-refractivity contribution is -0.161. The fourth-order valence-corrected chi connectivity index (χ4v) is 6.66. The zero-order valence-electron chi connectivity index (χ0n) is 24.4. The summed E-state index contributed by atoms with van der Waals surface area (Å²) in [5, 5.41) is 26.9. The van der Waals surface area contributed by atoms with Crippen molar-refractivity contribution in [1.29, 1.82) is 5.26 Å². The molecule has 0 spiro atoms. The second-order valence-corrected chi connectivity index (χ2v) is 11.9. The molecule has 5 heterocycles. The van der Waals surface area contributed by atoms with Crippen LogP contribution in [0.15, 0.2) is 30.3 Å². The molecule has 2 aliphatic heterocycles. The van der Waals surface area contributed by atoms with Crippen LogP contribution in [0, 0.1) is 24.1 Å². The van der Waals surface area contributed by atoms with Gasteiger partial charge in [-0.05, 0) is 44.2 Å². The number of pyridine rings is 1. The number of rotatable bonds is 6. The summed E-state index contributed by atoms with van der Waals surface area (Å²) in [4.78, 5) is 29.1. The van der Waals surface area contributed by atoms with Crippen molar-refractivity contribution in [2.24, 2.45) is 0 Å². The third-order valence-electron chi connectivity index (χ3n) is 8.23. The Morgan fingerprint density at radius 3 is 2.53 bits per heavy atom. The van der Waals surface area contributed by atoms with Gasteiger partial charge >= 0.3 is 0 Å². The molecule has 6 rings (SSSR count). The minimum absolute atomic E-state index is 0.214. The maximum absolute atomic E-state index is 13.5. The Hall–Kier alpha value is -4.12. The normalized spacial score (nSPS) is 16.8. The summed E-state index contributed by atoms with van der Waals surface area (Å²) in [5.41, 5.74) is 2.24. The van der Waals surface area contributed by atoms with Crippen LogP contribution < -0.4 is 9.80 Å². The molecule has 0 bridgehead atoms. The lowest BCUT2D eigenvalue weighted by atomic mass is 9.92. The van der Waals surface area contributed by atoms with E-state index in [0.717, 1.165) is 22.6 Å². The molecule has 4 aromatic rings. The van der Waals surface area contributed by atoms with Gasteiger partial charge in [-0.15, -0.1) is 0 Å². The molecule has 43 heavy (non-hydrogen) atoms. The molecule has 2 aliphatic rings. The highest BCUT2D eigenvalue weighted by Crippen LogP contribution is 2.39. The number of aliphatic hydroxyl groups is 1. The fraction of sp³-hybridized carbons (Fsp3) is 0.433. The minimum Gasteiger partial charge on any atom is -0.381 e. The molecule has 224 valence electrons. The summed E-state index contributed by atoms with van der Waals surface area (Å²) >= 11 is 1.26. The molecule has 1 amide bonds. The van der Waals surface area contributed by atoms with E-state index in [0.29, 0.717) is 85.7 Å². The molecule has 11 nitrogen and oxygen atoms in total. The molecule has 0 atom stereocenters. The van der Waals surface area contributed by atoms with Gasteiger partial charge in [-0.25, -0.2) is 19.0 Å². The zero-order valence-corrected chi connectivity index (χ0v) is 25.2. The standard InChI is InChI=1S/C30H33FN8O3S/c1-4-39-27(36(3)29-34-25(24(18-32)43-29)20-5-7-21(31)8-6-20)22-17-23(19(2)33-26(22)35-39)37-11-13-38(14-12-37)28(40)30(41)9-15-42-16-10-30/h5-8,17,41H,4,9-16H2,1-3H3. The molecule has 1 N–H and O–H groups in total. The Morgan fingerprint density at radius 2 is 1.88 bits per heavy atom. The minimum atomic E-state index is -1.34. The molecule has 0 saturated carbocycles. The van der Waals surface area contributed by atoms with E-state index >= 15 is 0 Å². The lowest BCUT2D eigenvalue weighted by Gasteiger charge is -2.41. The Labute approximate surface area is 252 Å². The van der Waals surface area contributed by atoms with Crippen LogP contribution in [-0.4, -0.2) is 87.7 Å². The van der Waals surface area contributed by atoms with Crippen molar-refractivity contribution in [1.82, 2.24) is 24.6 Å². The summed E-state index contributed by atoms with van der Waals surface area (Å²) in [5.74, 6) is 0.233. The Balaban J connectivity index is 1.29. The quantitative estimate of drug-likeness (QED) is 0.350. The molecule has 13 heteroatoms. The van der Waals surface area contributed by atoms with Crippen molar-refractivity contribution in [3.63, 3.8) is 0 Å². The van der Waals surface area contributed by atoms with Gasteiger partial charge in [0.05, 0.1) is 16.8 Å². The van der Waals surface area contributed by atoms with E-state index in [9.17, 15) is 19.6 Å². The number of thiazole rings is 1. The number of halogens is 1. The second-order valence-electron chi connectivity index (χ2n) is 10.9. The van der Waals surface area contributed by atoms with Gasteiger partial charge in [-0.1, -0.05) is 11.3 Å². The van der Waals surface area contributed by atoms with Gasteiger partial charge in [-0.3, -0.25) is 4.79 Å². The first-order chi connectivity index (χ1) is 20.7. The van der Waals surface area contributed by atoms with E-state index in [1.54, 1.807) is 17.0 Å². The van der Waals surface area contributed by atoms with Crippen molar-refractivity contribution >= 4 is 44.9 Å². The number of fused-ring (bicyclic) bond motifs is 1. The highest BCUT2D eigenvalue weighted by molar-refractivity contribution is 7.16. The molecule has 0 unspecified atom stereocenters. The number of aryl methyl sites for hydroxylation is 2. The van der Waals surface area contributed by atoms with Crippen LogP contribution >= 0.6 is 11.3 Å². The summed E-state index contributed by atoms with van der Waals surface area (Å²) in [6.45, 7) is 7.57. The number of ether oxygens (including phenoxy) is 1. The molecule has 0 radical (unpaired) electrons. The number of benzene rings is 1. The molecule has 0 aliphatic carbocycles. The van der Waals surface area contributed by atoms with Crippen molar-refractivity contribution in [2.45, 2.75) is 38.8 Å². The maximum Gasteiger partial charge on any atom is 0.254 e. The third-order valence-corrected chi connectivity index (χ3v) is 9.27. The van der Waals surface area contributed by atoms with E-state index in [-0.39, 0.29) is 11.7 Å². The summed E-state index contributed by atoms with van der Waals surface area (Å²) in [6, 6.07) is 10.3. The number of aromatic nitrogens is 4. The number of carbonyl (C=O) groups excluding carboxylic acids is 1. The van der Waals surface area contributed by atoms with Gasteiger partial charge in [0, 0.05) is 71.4 Å². The van der Waals surface area contributed by atoms with Crippen molar-refractivity contribution in [3.8, 4) is 17.3 Å². The number of hydrogen-bond acceptors (Lipinski definition) is 10. The summed E-state index contributed by atoms with van der Waals surface area (Å²) < 4.78 is 20.7. The first kappa shape index (κ1) is 29.0. The van der Waals surface area contributed by atoms with Gasteiger partial charge in [0.15, 0.2) is 10.8 Å². The predicted octanol–water partition coefficient (Wildman–Crippen LogP) is 3.85. The number of amides is 1. The van der Waals surface area contributed by atoms with Crippen LogP contribution in [0.25, 0.3) is 22.3 Å². The second kappa shape index (κ2) is 11.5. The Kier molecular flexibility index (Phi) is 7.76. The van der Waals surface area contributed by atoms with E-state index in [1.165, 1.54) is 23.5 Å². The average molecular weight is 605 g/mol. The van der Waals surface area contributed by atoms with Gasteiger partial charge in [-0.2, -0.15) is 10.4 Å². The van der Waals surface area contributed by atoms with Crippen LogP contribution in [0.1, 0.15) is 30.3 Å². The first-order valence-corrected chi connectivity index (χ1v) is 15.2. The van der Waals surface area contributed by atoms with Crippen LogP contribution in [0.4, 0.5) is 21.0 Å². The van der Waals surface area contributed by atoms with Crippen molar-refractivity contribution < 1.29 is 19.0 Å². The largest absolute Gasteiger partial charge is 0.381 e. The number of hydrogen-bond donors (Lipinski definition) is 1. The molecule has 2 fully saturated rings. The van der Waals surface area contributed by atoms with Crippen LogP contribution in [0.3, 0.4) is 0 Å². The van der Waals surface area contributed by atoms with E-state index in [4.69, 9.17) is 19.8 Å². The topological polar surface area (TPSA) is 124 Å². The summed E-state index contributed by atoms with van der Waals surface area (Å²) in [6.07, 6.45) is 0.646. The summed E-state index contributed by atoms with van der Waals surface area (Å²) in [7, 11) is 1.89. The molecular formula is C30H33FN8O3S. The molecule has 1 aromatic carbocycles. The molecule has 3 aromatic heterocycles. The van der Waals surface area contributed by atoms with Gasteiger partial charge < -0.3 is 24.5 Å². The highest BCUT2D eigenvalue weighted by atomic mass is 32.1.